The summed E-state index contributed by atoms with van der Waals surface area (Å²) in [5, 5.41) is 13.8. The molecule has 88 valence electrons. The molecule has 1 aromatic carbocycles. The van der Waals surface area contributed by atoms with Crippen molar-refractivity contribution in [3.8, 4) is 5.69 Å². The second kappa shape index (κ2) is 4.39. The molecule has 0 fully saturated rings. The van der Waals surface area contributed by atoms with Gasteiger partial charge in [0.25, 0.3) is 0 Å². The zero-order chi connectivity index (χ0) is 12.6. The van der Waals surface area contributed by atoms with Crippen LogP contribution in [0.2, 0.25) is 10.0 Å². The molecule has 0 unspecified atom stereocenters. The highest BCUT2D eigenvalue weighted by molar-refractivity contribution is 6.43. The van der Waals surface area contributed by atoms with E-state index in [1.54, 1.807) is 25.1 Å². The van der Waals surface area contributed by atoms with Crippen LogP contribution in [0.4, 0.5) is 0 Å². The van der Waals surface area contributed by atoms with Crippen LogP contribution in [0, 0.1) is 6.92 Å². The quantitative estimate of drug-likeness (QED) is 0.912. The molecule has 0 bridgehead atoms. The van der Waals surface area contributed by atoms with Crippen LogP contribution in [0.5, 0.6) is 0 Å². The average molecular weight is 271 g/mol. The maximum atomic E-state index is 10.9. The molecule has 0 aliphatic rings. The lowest BCUT2D eigenvalue weighted by atomic mass is 10.3. The Kier molecular flexibility index (Phi) is 3.09. The van der Waals surface area contributed by atoms with Crippen molar-refractivity contribution in [2.45, 2.75) is 6.92 Å². The maximum absolute atomic E-state index is 10.9. The Morgan fingerprint density at radius 2 is 2.12 bits per heavy atom. The molecule has 0 aliphatic heterocycles. The zero-order valence-corrected chi connectivity index (χ0v) is 10.3. The molecule has 1 heterocycles. The number of carbonyl (C=O) groups is 1. The second-order valence-corrected chi connectivity index (χ2v) is 4.24. The molecule has 0 atom stereocenters. The Morgan fingerprint density at radius 3 is 2.71 bits per heavy atom. The molecular weight excluding hydrogens is 263 g/mol. The highest BCUT2D eigenvalue weighted by atomic mass is 35.5. The van der Waals surface area contributed by atoms with E-state index in [9.17, 15) is 4.79 Å². The van der Waals surface area contributed by atoms with Crippen molar-refractivity contribution in [2.75, 3.05) is 0 Å². The van der Waals surface area contributed by atoms with E-state index in [-0.39, 0.29) is 5.56 Å². The van der Waals surface area contributed by atoms with E-state index < -0.39 is 5.97 Å². The molecular formula is C11H8Cl2N2O2. The Hall–Kier alpha value is -1.52. The lowest BCUT2D eigenvalue weighted by Crippen LogP contribution is -1.96. The summed E-state index contributed by atoms with van der Waals surface area (Å²) < 4.78 is 1.41. The Bertz CT molecular complexity index is 593. The van der Waals surface area contributed by atoms with Gasteiger partial charge >= 0.3 is 5.97 Å². The molecule has 17 heavy (non-hydrogen) atoms. The molecule has 0 aliphatic carbocycles. The number of benzene rings is 1. The monoisotopic (exact) mass is 270 g/mol. The number of rotatable bonds is 2. The first-order valence-electron chi connectivity index (χ1n) is 4.74. The largest absolute Gasteiger partial charge is 0.478 e. The van der Waals surface area contributed by atoms with Gasteiger partial charge in [-0.25, -0.2) is 9.48 Å². The molecule has 1 aromatic heterocycles. The van der Waals surface area contributed by atoms with Crippen LogP contribution >= 0.6 is 23.2 Å². The number of hydrogen-bond acceptors (Lipinski definition) is 2. The topological polar surface area (TPSA) is 55.1 Å². The minimum atomic E-state index is -1.02. The van der Waals surface area contributed by atoms with E-state index in [4.69, 9.17) is 28.3 Å². The van der Waals surface area contributed by atoms with Crippen molar-refractivity contribution < 1.29 is 9.90 Å². The fourth-order valence-corrected chi connectivity index (χ4v) is 1.84. The Labute approximate surface area is 107 Å². The lowest BCUT2D eigenvalue weighted by Gasteiger charge is -2.04. The predicted molar refractivity (Wildman–Crippen MR) is 65.3 cm³/mol. The van der Waals surface area contributed by atoms with Gasteiger partial charge < -0.3 is 5.11 Å². The second-order valence-electron chi connectivity index (χ2n) is 3.45. The third-order valence-electron chi connectivity index (χ3n) is 2.31. The average Bonchev–Trinajstić information content (AvgIpc) is 2.64. The number of aryl methyl sites for hydroxylation is 1. The van der Waals surface area contributed by atoms with Gasteiger partial charge in [0.15, 0.2) is 0 Å². The van der Waals surface area contributed by atoms with Crippen molar-refractivity contribution in [2.24, 2.45) is 0 Å². The molecule has 1 N–H and O–H groups in total. The molecule has 0 saturated heterocycles. The predicted octanol–water partition coefficient (Wildman–Crippen LogP) is 3.19. The Balaban J connectivity index is 2.58. The maximum Gasteiger partial charge on any atom is 0.339 e. The van der Waals surface area contributed by atoms with Gasteiger partial charge in [-0.3, -0.25) is 0 Å². The molecule has 4 nitrogen and oxygen atoms in total. The molecule has 0 saturated carbocycles. The lowest BCUT2D eigenvalue weighted by molar-refractivity contribution is 0.0696. The summed E-state index contributed by atoms with van der Waals surface area (Å²) in [6, 6.07) is 5.09. The van der Waals surface area contributed by atoms with E-state index in [0.29, 0.717) is 21.4 Å². The fraction of sp³-hybridized carbons (Fsp3) is 0.0909. The molecule has 2 rings (SSSR count). The van der Waals surface area contributed by atoms with E-state index in [0.717, 1.165) is 0 Å². The van der Waals surface area contributed by atoms with Crippen LogP contribution in [0.25, 0.3) is 5.69 Å². The van der Waals surface area contributed by atoms with Crippen LogP contribution in [-0.4, -0.2) is 20.9 Å². The number of hydrogen-bond donors (Lipinski definition) is 1. The summed E-state index contributed by atoms with van der Waals surface area (Å²) in [6.45, 7) is 1.62. The van der Waals surface area contributed by atoms with Gasteiger partial charge in [0.05, 0.1) is 21.4 Å². The molecule has 2 aromatic rings. The molecule has 0 radical (unpaired) electrons. The van der Waals surface area contributed by atoms with Crippen molar-refractivity contribution in [1.82, 2.24) is 9.78 Å². The van der Waals surface area contributed by atoms with Crippen molar-refractivity contribution in [1.29, 1.82) is 0 Å². The highest BCUT2D eigenvalue weighted by Crippen LogP contribution is 2.28. The van der Waals surface area contributed by atoms with Gasteiger partial charge in [0, 0.05) is 6.20 Å². The zero-order valence-electron chi connectivity index (χ0n) is 8.82. The number of carboxylic acid groups (broad SMARTS) is 1. The normalized spacial score (nSPS) is 10.5. The number of aromatic nitrogens is 2. The number of halogens is 2. The van der Waals surface area contributed by atoms with Crippen LogP contribution < -0.4 is 0 Å². The molecule has 0 amide bonds. The van der Waals surface area contributed by atoms with Crippen LogP contribution in [0.15, 0.2) is 24.4 Å². The van der Waals surface area contributed by atoms with Gasteiger partial charge in [0.2, 0.25) is 0 Å². The van der Waals surface area contributed by atoms with E-state index in [2.05, 4.69) is 5.10 Å². The van der Waals surface area contributed by atoms with E-state index in [1.165, 1.54) is 10.9 Å². The van der Waals surface area contributed by atoms with Crippen LogP contribution in [0.3, 0.4) is 0 Å². The van der Waals surface area contributed by atoms with Gasteiger partial charge in [-0.2, -0.15) is 5.10 Å². The summed E-state index contributed by atoms with van der Waals surface area (Å²) in [5.74, 6) is -1.02. The van der Waals surface area contributed by atoms with Crippen molar-refractivity contribution in [3.63, 3.8) is 0 Å². The number of carboxylic acids is 1. The third-order valence-corrected chi connectivity index (χ3v) is 3.12. The van der Waals surface area contributed by atoms with Gasteiger partial charge in [-0.1, -0.05) is 29.3 Å². The first-order valence-corrected chi connectivity index (χ1v) is 5.50. The SMILES string of the molecule is Cc1nn(-c2cccc(Cl)c2Cl)cc1C(=O)O. The van der Waals surface area contributed by atoms with E-state index in [1.807, 2.05) is 0 Å². The summed E-state index contributed by atoms with van der Waals surface area (Å²) in [5.41, 5.74) is 1.12. The Morgan fingerprint density at radius 1 is 1.41 bits per heavy atom. The molecule has 0 spiro atoms. The third kappa shape index (κ3) is 2.14. The van der Waals surface area contributed by atoms with Gasteiger partial charge in [0.1, 0.15) is 5.56 Å². The summed E-state index contributed by atoms with van der Waals surface area (Å²) in [6.07, 6.45) is 1.41. The minimum absolute atomic E-state index is 0.140. The first-order chi connectivity index (χ1) is 8.00. The van der Waals surface area contributed by atoms with E-state index >= 15 is 0 Å². The molecule has 6 heteroatoms. The first kappa shape index (κ1) is 12.0. The number of nitrogens with zero attached hydrogens (tertiary/aromatic N) is 2. The van der Waals surface area contributed by atoms with Crippen LogP contribution in [0.1, 0.15) is 16.1 Å². The van der Waals surface area contributed by atoms with Crippen molar-refractivity contribution in [3.05, 3.63) is 45.7 Å². The van der Waals surface area contributed by atoms with Gasteiger partial charge in [-0.15, -0.1) is 0 Å². The minimum Gasteiger partial charge on any atom is -0.478 e. The van der Waals surface area contributed by atoms with Crippen LogP contribution in [-0.2, 0) is 0 Å². The summed E-state index contributed by atoms with van der Waals surface area (Å²) >= 11 is 11.9. The summed E-state index contributed by atoms with van der Waals surface area (Å²) in [7, 11) is 0. The van der Waals surface area contributed by atoms with Gasteiger partial charge in [-0.05, 0) is 19.1 Å². The standard InChI is InChI=1S/C11H8Cl2N2O2/c1-6-7(11(16)17)5-15(14-6)9-4-2-3-8(12)10(9)13/h2-5H,1H3,(H,16,17). The number of aromatic carboxylic acids is 1. The van der Waals surface area contributed by atoms with Crippen molar-refractivity contribution >= 4 is 29.2 Å². The fourth-order valence-electron chi connectivity index (χ4n) is 1.46. The highest BCUT2D eigenvalue weighted by Gasteiger charge is 2.14. The summed E-state index contributed by atoms with van der Waals surface area (Å²) in [4.78, 5) is 10.9. The smallest absolute Gasteiger partial charge is 0.339 e.